The smallest absolute Gasteiger partial charge is 0.304 e. The van der Waals surface area contributed by atoms with E-state index >= 15 is 0 Å². The number of hydrogen-bond donors (Lipinski definition) is 0. The number of carbonyl (C=O) groups is 1. The fraction of sp³-hybridized carbons (Fsp3) is 0.842. The lowest BCUT2D eigenvalue weighted by atomic mass is 9.71. The summed E-state index contributed by atoms with van der Waals surface area (Å²) in [6.07, 6.45) is 1.04. The molecular weight excluding hydrogens is 308 g/mol. The Morgan fingerprint density at radius 3 is 2.67 bits per heavy atom. The van der Waals surface area contributed by atoms with Gasteiger partial charge in [0.25, 0.3) is 0 Å². The van der Waals surface area contributed by atoms with Crippen molar-refractivity contribution in [1.29, 1.82) is 0 Å². The van der Waals surface area contributed by atoms with Crippen molar-refractivity contribution in [3.8, 4) is 0 Å². The molecule has 2 saturated heterocycles. The maximum absolute atomic E-state index is 11.7. The summed E-state index contributed by atoms with van der Waals surface area (Å²) >= 11 is 0. The quantitative estimate of drug-likeness (QED) is 0.451. The molecule has 0 bridgehead atoms. The summed E-state index contributed by atoms with van der Waals surface area (Å²) in [5.74, 6) is 1.10. The molecule has 4 fully saturated rings. The van der Waals surface area contributed by atoms with E-state index in [9.17, 15) is 4.79 Å². The van der Waals surface area contributed by atoms with Crippen molar-refractivity contribution in [1.82, 2.24) is 0 Å². The van der Waals surface area contributed by atoms with Crippen LogP contribution < -0.4 is 0 Å². The van der Waals surface area contributed by atoms with Gasteiger partial charge in [0.1, 0.15) is 5.60 Å². The van der Waals surface area contributed by atoms with Gasteiger partial charge in [-0.2, -0.15) is 0 Å². The molecule has 0 aromatic rings. The third-order valence-corrected chi connectivity index (χ3v) is 6.80. The van der Waals surface area contributed by atoms with E-state index in [1.807, 2.05) is 6.92 Å². The van der Waals surface area contributed by atoms with E-state index in [1.165, 1.54) is 6.92 Å². The van der Waals surface area contributed by atoms with Crippen LogP contribution in [-0.2, 0) is 23.7 Å². The molecule has 0 amide bonds. The van der Waals surface area contributed by atoms with Gasteiger partial charge in [0.05, 0.1) is 12.5 Å². The average Bonchev–Trinajstić information content (AvgIpc) is 3.37. The second kappa shape index (κ2) is 5.29. The summed E-state index contributed by atoms with van der Waals surface area (Å²) in [5, 5.41) is 0. The minimum Gasteiger partial charge on any atom is -0.435 e. The first-order valence-corrected chi connectivity index (χ1v) is 9.09. The number of hydrogen-bond acceptors (Lipinski definition) is 5. The van der Waals surface area contributed by atoms with Gasteiger partial charge in [-0.05, 0) is 48.5 Å². The van der Waals surface area contributed by atoms with E-state index in [1.54, 1.807) is 0 Å². The Morgan fingerprint density at radius 2 is 2.08 bits per heavy atom. The molecule has 4 aliphatic rings. The van der Waals surface area contributed by atoms with Gasteiger partial charge in [-0.25, -0.2) is 0 Å². The summed E-state index contributed by atoms with van der Waals surface area (Å²) in [7, 11) is 0. The van der Waals surface area contributed by atoms with Gasteiger partial charge in [0.2, 0.25) is 6.29 Å². The predicted molar refractivity (Wildman–Crippen MR) is 86.9 cm³/mol. The highest BCUT2D eigenvalue weighted by molar-refractivity contribution is 5.66. The summed E-state index contributed by atoms with van der Waals surface area (Å²) in [5.41, 5.74) is 1.06. The van der Waals surface area contributed by atoms with Crippen LogP contribution in [0.15, 0.2) is 12.2 Å². The van der Waals surface area contributed by atoms with Crippen molar-refractivity contribution < 1.29 is 23.7 Å². The van der Waals surface area contributed by atoms with Gasteiger partial charge >= 0.3 is 5.97 Å². The zero-order valence-electron chi connectivity index (χ0n) is 15.0. The Hall–Kier alpha value is -0.910. The largest absolute Gasteiger partial charge is 0.435 e. The molecule has 4 rings (SSSR count). The van der Waals surface area contributed by atoms with Crippen molar-refractivity contribution in [2.45, 2.75) is 58.7 Å². The average molecular weight is 336 g/mol. The fourth-order valence-electron chi connectivity index (χ4n) is 5.49. The molecule has 134 valence electrons. The van der Waals surface area contributed by atoms with Gasteiger partial charge in [-0.3, -0.25) is 4.79 Å². The van der Waals surface area contributed by atoms with Crippen molar-refractivity contribution in [2.24, 2.45) is 29.1 Å². The van der Waals surface area contributed by atoms with Crippen LogP contribution in [-0.4, -0.2) is 37.4 Å². The predicted octanol–water partition coefficient (Wildman–Crippen LogP) is 2.89. The van der Waals surface area contributed by atoms with E-state index in [0.717, 1.165) is 25.0 Å². The van der Waals surface area contributed by atoms with Crippen LogP contribution in [0.5, 0.6) is 0 Å². The van der Waals surface area contributed by atoms with Crippen LogP contribution in [0, 0.1) is 29.1 Å². The third-order valence-electron chi connectivity index (χ3n) is 6.80. The van der Waals surface area contributed by atoms with Gasteiger partial charge in [0.15, 0.2) is 6.29 Å². The van der Waals surface area contributed by atoms with Crippen LogP contribution in [0.2, 0.25) is 0 Å². The third kappa shape index (κ3) is 2.28. The molecule has 5 nitrogen and oxygen atoms in total. The topological polar surface area (TPSA) is 57.3 Å². The fourth-order valence-corrected chi connectivity index (χ4v) is 5.49. The van der Waals surface area contributed by atoms with Crippen molar-refractivity contribution in [3.63, 3.8) is 0 Å². The molecule has 2 aliphatic carbocycles. The maximum Gasteiger partial charge on any atom is 0.304 e. The van der Waals surface area contributed by atoms with Gasteiger partial charge < -0.3 is 18.9 Å². The Bertz CT molecular complexity index is 564. The van der Waals surface area contributed by atoms with Crippen LogP contribution in [0.1, 0.15) is 40.5 Å². The second-order valence-electron chi connectivity index (χ2n) is 8.37. The molecule has 0 unspecified atom stereocenters. The van der Waals surface area contributed by atoms with E-state index in [-0.39, 0.29) is 28.8 Å². The minimum atomic E-state index is -0.618. The highest BCUT2D eigenvalue weighted by Gasteiger charge is 2.72. The molecule has 2 saturated carbocycles. The lowest BCUT2D eigenvalue weighted by Crippen LogP contribution is -2.52. The number of fused-ring (bicyclic) bond motifs is 4. The van der Waals surface area contributed by atoms with E-state index in [4.69, 9.17) is 18.9 Å². The highest BCUT2D eigenvalue weighted by atomic mass is 16.8. The van der Waals surface area contributed by atoms with Gasteiger partial charge in [0, 0.05) is 13.5 Å². The first-order valence-electron chi connectivity index (χ1n) is 9.09. The lowest BCUT2D eigenvalue weighted by Gasteiger charge is -2.45. The van der Waals surface area contributed by atoms with E-state index < -0.39 is 12.6 Å². The number of ether oxygens (including phenoxy) is 4. The Balaban J connectivity index is 1.72. The minimum absolute atomic E-state index is 0.0161. The van der Waals surface area contributed by atoms with Crippen LogP contribution in [0.3, 0.4) is 0 Å². The number of epoxide rings is 1. The molecule has 0 aromatic heterocycles. The molecule has 0 radical (unpaired) electrons. The second-order valence-corrected chi connectivity index (χ2v) is 8.37. The van der Waals surface area contributed by atoms with Crippen molar-refractivity contribution in [2.75, 3.05) is 13.2 Å². The molecule has 5 heteroatoms. The van der Waals surface area contributed by atoms with Gasteiger partial charge in [-0.15, -0.1) is 0 Å². The number of rotatable bonds is 3. The molecule has 2 heterocycles. The first-order chi connectivity index (χ1) is 11.3. The highest BCUT2D eigenvalue weighted by Crippen LogP contribution is 2.72. The monoisotopic (exact) mass is 336 g/mol. The van der Waals surface area contributed by atoms with Crippen molar-refractivity contribution in [3.05, 3.63) is 12.2 Å². The maximum atomic E-state index is 11.7. The number of carbonyl (C=O) groups excluding carboxylic acids is 1. The lowest BCUT2D eigenvalue weighted by molar-refractivity contribution is -0.276. The Labute approximate surface area is 143 Å². The number of esters is 1. The molecule has 2 aliphatic heterocycles. The standard InChI is InChI=1S/C19H28O5/c1-6-21-16-10(2)13-14-12(18(14,4)5)7-8-19(9-22-19)15(13)17(24-16)23-11(3)20/h12-17H,2,6-9H2,1,3-5H3/t12-,13+,14-,15-,16+,17-,19+/m0/s1. The van der Waals surface area contributed by atoms with Crippen LogP contribution >= 0.6 is 0 Å². The Morgan fingerprint density at radius 1 is 1.38 bits per heavy atom. The van der Waals surface area contributed by atoms with Crippen LogP contribution in [0.25, 0.3) is 0 Å². The summed E-state index contributed by atoms with van der Waals surface area (Å²) < 4.78 is 23.3. The zero-order chi connectivity index (χ0) is 17.3. The molecule has 7 atom stereocenters. The van der Waals surface area contributed by atoms with Crippen LogP contribution in [0.4, 0.5) is 0 Å². The van der Waals surface area contributed by atoms with E-state index in [2.05, 4.69) is 20.4 Å². The zero-order valence-corrected chi connectivity index (χ0v) is 15.0. The summed E-state index contributed by atoms with van der Waals surface area (Å²) in [6, 6.07) is 0. The summed E-state index contributed by atoms with van der Waals surface area (Å²) in [6.45, 7) is 13.6. The van der Waals surface area contributed by atoms with Gasteiger partial charge in [-0.1, -0.05) is 20.4 Å². The molecule has 24 heavy (non-hydrogen) atoms. The summed E-state index contributed by atoms with van der Waals surface area (Å²) in [4.78, 5) is 11.7. The normalized spacial score (nSPS) is 48.2. The van der Waals surface area contributed by atoms with Crippen molar-refractivity contribution >= 4 is 5.97 Å². The molecule has 0 N–H and O–H groups in total. The Kier molecular flexibility index (Phi) is 3.65. The molecule has 0 aromatic carbocycles. The molecular formula is C19H28O5. The van der Waals surface area contributed by atoms with E-state index in [0.29, 0.717) is 18.4 Å². The molecule has 1 spiro atoms. The SMILES string of the molecule is C=C1[C@H](OCC)O[C@H](OC(C)=O)[C@@H]2[C@H]1[C@@H]1[C@H](CC[C@@]23CO3)C1(C)C. The first kappa shape index (κ1) is 16.6.